The van der Waals surface area contributed by atoms with Gasteiger partial charge in [-0.25, -0.2) is 4.79 Å². The van der Waals surface area contributed by atoms with Gasteiger partial charge in [0.25, 0.3) is 5.91 Å². The lowest BCUT2D eigenvalue weighted by molar-refractivity contribution is -0.183. The van der Waals surface area contributed by atoms with Crippen molar-refractivity contribution in [3.63, 3.8) is 0 Å². The van der Waals surface area contributed by atoms with E-state index in [1.165, 1.54) is 19.3 Å². The van der Waals surface area contributed by atoms with E-state index in [-0.39, 0.29) is 24.9 Å². The lowest BCUT2D eigenvalue weighted by atomic mass is 9.82. The molecule has 1 saturated carbocycles. The number of anilines is 1. The largest absolute Gasteiger partial charge is 0.494 e. The van der Waals surface area contributed by atoms with Crippen molar-refractivity contribution in [2.45, 2.75) is 57.9 Å². The van der Waals surface area contributed by atoms with Gasteiger partial charge in [0.15, 0.2) is 0 Å². The van der Waals surface area contributed by atoms with Gasteiger partial charge in [-0.1, -0.05) is 19.3 Å². The molecule has 2 N–H and O–H groups in total. The van der Waals surface area contributed by atoms with Gasteiger partial charge in [0.1, 0.15) is 17.1 Å². The van der Waals surface area contributed by atoms with Crippen molar-refractivity contribution in [3.8, 4) is 5.75 Å². The highest BCUT2D eigenvalue weighted by Crippen LogP contribution is 2.41. The molecule has 3 aromatic rings. The number of hydrogen-bond acceptors (Lipinski definition) is 7. The van der Waals surface area contributed by atoms with E-state index in [0.717, 1.165) is 58.7 Å². The number of aryl methyl sites for hydroxylation is 1. The number of carbonyl (C=O) groups excluding carboxylic acids is 2. The Labute approximate surface area is 233 Å². The predicted molar refractivity (Wildman–Crippen MR) is 153 cm³/mol. The van der Waals surface area contributed by atoms with E-state index in [1.807, 2.05) is 36.0 Å². The van der Waals surface area contributed by atoms with Crippen molar-refractivity contribution in [1.29, 1.82) is 0 Å². The van der Waals surface area contributed by atoms with Crippen LogP contribution in [0.2, 0.25) is 0 Å². The van der Waals surface area contributed by atoms with E-state index in [1.54, 1.807) is 12.1 Å². The minimum Gasteiger partial charge on any atom is -0.494 e. The zero-order valence-corrected chi connectivity index (χ0v) is 23.4. The first-order valence-electron chi connectivity index (χ1n) is 13.6. The summed E-state index contributed by atoms with van der Waals surface area (Å²) >= 11 is 1.82. The fourth-order valence-electron chi connectivity index (χ4n) is 5.18. The normalized spacial score (nSPS) is 14.6. The highest BCUT2D eigenvalue weighted by Gasteiger charge is 2.30. The summed E-state index contributed by atoms with van der Waals surface area (Å²) in [5, 5.41) is 7.36. The van der Waals surface area contributed by atoms with Crippen LogP contribution < -0.4 is 15.4 Å². The summed E-state index contributed by atoms with van der Waals surface area (Å²) in [5.41, 5.74) is 3.31. The summed E-state index contributed by atoms with van der Waals surface area (Å²) in [7, 11) is 0. The van der Waals surface area contributed by atoms with Gasteiger partial charge in [0.05, 0.1) is 19.1 Å². The quantitative estimate of drug-likeness (QED) is 0.216. The summed E-state index contributed by atoms with van der Waals surface area (Å²) < 4.78 is 24.3. The van der Waals surface area contributed by atoms with Crippen LogP contribution in [0, 0.1) is 12.8 Å². The second kappa shape index (κ2) is 14.3. The van der Waals surface area contributed by atoms with E-state index in [4.69, 9.17) is 9.15 Å². The van der Waals surface area contributed by atoms with Crippen molar-refractivity contribution in [3.05, 3.63) is 59.4 Å². The Kier molecular flexibility index (Phi) is 10.5. The lowest BCUT2D eigenvalue weighted by Gasteiger charge is -2.31. The molecule has 0 bridgehead atoms. The average Bonchev–Trinajstić information content (AvgIpc) is 3.29. The molecule has 1 heterocycles. The fraction of sp³-hybridized carbons (Fsp3) is 0.467. The number of amides is 1. The molecule has 1 atom stereocenters. The van der Waals surface area contributed by atoms with Crippen LogP contribution in [0.1, 0.15) is 72.7 Å². The van der Waals surface area contributed by atoms with Gasteiger partial charge in [-0.05, 0) is 86.6 Å². The SMILES string of the molecule is CSCCCOc1ccc2oc(C(Nc3ccc(C(=O)NCCC(=O)OF)cc3)C3CCCCC3)c(C)c2c1. The number of carbonyl (C=O) groups is 2. The molecule has 1 fully saturated rings. The summed E-state index contributed by atoms with van der Waals surface area (Å²) in [5.74, 6) is 1.96. The third-order valence-corrected chi connectivity index (χ3v) is 7.98. The maximum Gasteiger partial charge on any atom is 0.350 e. The summed E-state index contributed by atoms with van der Waals surface area (Å²) in [4.78, 5) is 26.4. The predicted octanol–water partition coefficient (Wildman–Crippen LogP) is 7.15. The first-order chi connectivity index (χ1) is 19.0. The summed E-state index contributed by atoms with van der Waals surface area (Å²) in [6, 6.07) is 13.3. The number of halogens is 1. The van der Waals surface area contributed by atoms with Crippen molar-refractivity contribution in [2.75, 3.05) is 30.5 Å². The number of hydrogen-bond donors (Lipinski definition) is 2. The molecule has 0 radical (unpaired) electrons. The zero-order chi connectivity index (χ0) is 27.6. The lowest BCUT2D eigenvalue weighted by Crippen LogP contribution is -2.26. The van der Waals surface area contributed by atoms with Gasteiger partial charge in [-0.2, -0.15) is 11.8 Å². The molecule has 9 heteroatoms. The van der Waals surface area contributed by atoms with Crippen LogP contribution in [0.4, 0.5) is 10.2 Å². The summed E-state index contributed by atoms with van der Waals surface area (Å²) in [6.45, 7) is 2.81. The number of benzene rings is 2. The Morgan fingerprint density at radius 1 is 1.13 bits per heavy atom. The first-order valence-corrected chi connectivity index (χ1v) is 15.0. The van der Waals surface area contributed by atoms with E-state index in [0.29, 0.717) is 18.1 Å². The van der Waals surface area contributed by atoms with Crippen LogP contribution in [-0.4, -0.2) is 37.0 Å². The van der Waals surface area contributed by atoms with Crippen LogP contribution in [0.5, 0.6) is 5.75 Å². The first kappa shape index (κ1) is 28.8. The zero-order valence-electron chi connectivity index (χ0n) is 22.6. The Morgan fingerprint density at radius 3 is 2.62 bits per heavy atom. The molecule has 1 unspecified atom stereocenters. The van der Waals surface area contributed by atoms with Gasteiger partial charge in [0, 0.05) is 33.3 Å². The van der Waals surface area contributed by atoms with E-state index < -0.39 is 5.97 Å². The molecule has 1 aliphatic carbocycles. The number of fused-ring (bicyclic) bond motifs is 1. The topological polar surface area (TPSA) is 89.8 Å². The average molecular weight is 557 g/mol. The number of nitrogens with one attached hydrogen (secondary N) is 2. The maximum atomic E-state index is 12.4. The molecule has 7 nitrogen and oxygen atoms in total. The molecule has 39 heavy (non-hydrogen) atoms. The number of thioether (sulfide) groups is 1. The molecule has 1 amide bonds. The fourth-order valence-corrected chi connectivity index (χ4v) is 5.59. The molecule has 4 rings (SSSR count). The number of furan rings is 1. The van der Waals surface area contributed by atoms with E-state index in [9.17, 15) is 14.1 Å². The minimum absolute atomic E-state index is 0.00123. The monoisotopic (exact) mass is 556 g/mol. The third-order valence-electron chi connectivity index (χ3n) is 7.28. The van der Waals surface area contributed by atoms with Gasteiger partial charge >= 0.3 is 5.97 Å². The van der Waals surface area contributed by atoms with Crippen molar-refractivity contribution < 1.29 is 28.2 Å². The van der Waals surface area contributed by atoms with E-state index >= 15 is 0 Å². The maximum absolute atomic E-state index is 12.4. The van der Waals surface area contributed by atoms with Crippen molar-refractivity contribution in [2.24, 2.45) is 5.92 Å². The van der Waals surface area contributed by atoms with Gasteiger partial charge < -0.3 is 19.8 Å². The van der Waals surface area contributed by atoms with Crippen LogP contribution in [0.25, 0.3) is 11.0 Å². The molecular formula is C30H37FN2O5S. The second-order valence-electron chi connectivity index (χ2n) is 10.00. The Balaban J connectivity index is 1.51. The molecular weight excluding hydrogens is 519 g/mol. The van der Waals surface area contributed by atoms with Gasteiger partial charge in [-0.15, -0.1) is 0 Å². The molecule has 0 spiro atoms. The van der Waals surface area contributed by atoms with E-state index in [2.05, 4.69) is 34.8 Å². The van der Waals surface area contributed by atoms with Crippen molar-refractivity contribution in [1.82, 2.24) is 5.32 Å². The standard InChI is InChI=1S/C30H37FN2O5S/c1-20-25-19-24(36-17-6-18-39-2)13-14-26(25)37-29(20)28(21-7-4-3-5-8-21)33-23-11-9-22(10-12-23)30(35)32-16-15-27(34)38-31/h9-14,19,21,28,33H,3-8,15-18H2,1-2H3,(H,32,35). The van der Waals surface area contributed by atoms with Crippen LogP contribution in [-0.2, 0) is 9.74 Å². The highest BCUT2D eigenvalue weighted by atomic mass is 32.2. The van der Waals surface area contributed by atoms with Crippen LogP contribution >= 0.6 is 11.8 Å². The molecule has 0 saturated heterocycles. The van der Waals surface area contributed by atoms with Gasteiger partial charge in [-0.3, -0.25) is 9.74 Å². The molecule has 210 valence electrons. The number of rotatable bonds is 13. The smallest absolute Gasteiger partial charge is 0.350 e. The molecule has 2 aromatic carbocycles. The Bertz CT molecular complexity index is 1240. The highest BCUT2D eigenvalue weighted by molar-refractivity contribution is 7.98. The molecule has 1 aromatic heterocycles. The third kappa shape index (κ3) is 7.68. The van der Waals surface area contributed by atoms with Crippen LogP contribution in [0.3, 0.4) is 0 Å². The minimum atomic E-state index is -1.01. The molecule has 0 aliphatic heterocycles. The Hall–Kier alpha value is -3.20. The molecule has 1 aliphatic rings. The number of ether oxygens (including phenoxy) is 1. The van der Waals surface area contributed by atoms with Crippen LogP contribution in [0.15, 0.2) is 46.9 Å². The van der Waals surface area contributed by atoms with Gasteiger partial charge in [0.2, 0.25) is 0 Å². The van der Waals surface area contributed by atoms with Crippen molar-refractivity contribution >= 4 is 40.3 Å². The summed E-state index contributed by atoms with van der Waals surface area (Å²) in [6.07, 6.45) is 8.79. The Morgan fingerprint density at radius 2 is 1.90 bits per heavy atom. The second-order valence-corrected chi connectivity index (χ2v) is 11.0.